The molecule has 0 fully saturated rings. The second kappa shape index (κ2) is 8.68. The van der Waals surface area contributed by atoms with Crippen molar-refractivity contribution in [3.8, 4) is 0 Å². The largest absolute Gasteiger partial charge is 0.545 e. The predicted molar refractivity (Wildman–Crippen MR) is 115 cm³/mol. The highest BCUT2D eigenvalue weighted by atomic mass is 79.9. The molecule has 0 heterocycles. The van der Waals surface area contributed by atoms with Gasteiger partial charge in [-0.05, 0) is 66.6 Å². The number of hydrogen-bond donors (Lipinski definition) is 2. The molecule has 3 rings (SSSR count). The Hall–Kier alpha value is -3.17. The van der Waals surface area contributed by atoms with Crippen LogP contribution >= 0.6 is 15.9 Å². The molecule has 2 N–H and O–H groups in total. The lowest BCUT2D eigenvalue weighted by molar-refractivity contribution is -0.255. The number of aryl methyl sites for hydroxylation is 1. The summed E-state index contributed by atoms with van der Waals surface area (Å²) in [4.78, 5) is 23.5. The standard InChI is InChI=1S/C21H17BrN2O5S/c1-13-5-6-14(20(25)23-18-4-2-3-15(11-18)21(26)27)12-19(13)30(28,29)24-17-9-7-16(22)8-10-17/h2-12,24H,1H3,(H,23,25)(H,26,27)/p-1. The number of carbonyl (C=O) groups is 2. The van der Waals surface area contributed by atoms with E-state index in [9.17, 15) is 23.1 Å². The normalized spacial score (nSPS) is 11.0. The molecular formula is C21H16BrN2O5S-. The van der Waals surface area contributed by atoms with E-state index in [2.05, 4.69) is 26.0 Å². The molecule has 3 aromatic rings. The number of carboxylic acid groups (broad SMARTS) is 1. The van der Waals surface area contributed by atoms with Gasteiger partial charge in [0.1, 0.15) is 0 Å². The van der Waals surface area contributed by atoms with Crippen LogP contribution in [0.5, 0.6) is 0 Å². The molecular weight excluding hydrogens is 472 g/mol. The third-order valence-electron chi connectivity index (χ3n) is 4.19. The van der Waals surface area contributed by atoms with Gasteiger partial charge >= 0.3 is 0 Å². The molecule has 0 atom stereocenters. The van der Waals surface area contributed by atoms with Gasteiger partial charge < -0.3 is 15.2 Å². The van der Waals surface area contributed by atoms with E-state index >= 15 is 0 Å². The average Bonchev–Trinajstić information content (AvgIpc) is 2.70. The minimum absolute atomic E-state index is 0.0402. The Morgan fingerprint density at radius 2 is 1.60 bits per heavy atom. The molecule has 0 bridgehead atoms. The first-order valence-corrected chi connectivity index (χ1v) is 10.9. The number of benzene rings is 3. The maximum absolute atomic E-state index is 12.8. The smallest absolute Gasteiger partial charge is 0.262 e. The number of hydrogen-bond acceptors (Lipinski definition) is 5. The van der Waals surface area contributed by atoms with Crippen molar-refractivity contribution in [2.45, 2.75) is 11.8 Å². The van der Waals surface area contributed by atoms with Crippen molar-refractivity contribution in [3.63, 3.8) is 0 Å². The number of sulfonamides is 1. The van der Waals surface area contributed by atoms with Crippen LogP contribution in [-0.2, 0) is 10.0 Å². The van der Waals surface area contributed by atoms with Crippen molar-refractivity contribution in [2.24, 2.45) is 0 Å². The van der Waals surface area contributed by atoms with Crippen LogP contribution in [0, 0.1) is 6.92 Å². The first-order valence-electron chi connectivity index (χ1n) is 8.67. The van der Waals surface area contributed by atoms with Gasteiger partial charge in [-0.2, -0.15) is 0 Å². The van der Waals surface area contributed by atoms with Gasteiger partial charge in [0.05, 0.1) is 10.9 Å². The quantitative estimate of drug-likeness (QED) is 0.553. The van der Waals surface area contributed by atoms with Crippen molar-refractivity contribution < 1.29 is 23.1 Å². The molecule has 1 amide bonds. The SMILES string of the molecule is Cc1ccc(C(=O)Nc2cccc(C(=O)[O-])c2)cc1S(=O)(=O)Nc1ccc(Br)cc1. The minimum atomic E-state index is -3.93. The lowest BCUT2D eigenvalue weighted by Gasteiger charge is -2.13. The summed E-state index contributed by atoms with van der Waals surface area (Å²) in [5, 5.41) is 13.5. The second-order valence-electron chi connectivity index (χ2n) is 6.42. The predicted octanol–water partition coefficient (Wildman–Crippen LogP) is 3.17. The number of rotatable bonds is 6. The molecule has 0 aliphatic rings. The highest BCUT2D eigenvalue weighted by Crippen LogP contribution is 2.23. The molecule has 3 aromatic carbocycles. The van der Waals surface area contributed by atoms with Gasteiger partial charge in [-0.25, -0.2) is 8.42 Å². The minimum Gasteiger partial charge on any atom is -0.545 e. The molecule has 154 valence electrons. The first-order chi connectivity index (χ1) is 14.2. The van der Waals surface area contributed by atoms with E-state index in [-0.39, 0.29) is 21.7 Å². The molecule has 0 aliphatic heterocycles. The van der Waals surface area contributed by atoms with Gasteiger partial charge in [-0.3, -0.25) is 9.52 Å². The zero-order valence-electron chi connectivity index (χ0n) is 15.7. The van der Waals surface area contributed by atoms with Crippen LogP contribution in [0.1, 0.15) is 26.3 Å². The zero-order chi connectivity index (χ0) is 21.9. The summed E-state index contributed by atoms with van der Waals surface area (Å²) >= 11 is 3.29. The van der Waals surface area contributed by atoms with Crippen molar-refractivity contribution >= 4 is 49.2 Å². The number of carbonyl (C=O) groups excluding carboxylic acids is 2. The van der Waals surface area contributed by atoms with Gasteiger partial charge in [0, 0.05) is 21.4 Å². The van der Waals surface area contributed by atoms with Crippen molar-refractivity contribution in [1.29, 1.82) is 0 Å². The van der Waals surface area contributed by atoms with Crippen LogP contribution in [0.4, 0.5) is 11.4 Å². The summed E-state index contributed by atoms with van der Waals surface area (Å²) in [5.41, 5.74) is 1.12. The van der Waals surface area contributed by atoms with Crippen LogP contribution in [0.25, 0.3) is 0 Å². The fraction of sp³-hybridized carbons (Fsp3) is 0.0476. The van der Waals surface area contributed by atoms with Crippen molar-refractivity contribution in [1.82, 2.24) is 0 Å². The van der Waals surface area contributed by atoms with Gasteiger partial charge in [0.15, 0.2) is 0 Å². The van der Waals surface area contributed by atoms with Gasteiger partial charge in [0.2, 0.25) is 0 Å². The lowest BCUT2D eigenvalue weighted by Crippen LogP contribution is -2.22. The van der Waals surface area contributed by atoms with Crippen molar-refractivity contribution in [2.75, 3.05) is 10.0 Å². The zero-order valence-corrected chi connectivity index (χ0v) is 18.1. The Balaban J connectivity index is 1.87. The van der Waals surface area contributed by atoms with Crippen LogP contribution in [0.3, 0.4) is 0 Å². The van der Waals surface area contributed by atoms with E-state index in [1.807, 2.05) is 0 Å². The van der Waals surface area contributed by atoms with Crippen LogP contribution in [-0.4, -0.2) is 20.3 Å². The van der Waals surface area contributed by atoms with Crippen LogP contribution in [0.2, 0.25) is 0 Å². The van der Waals surface area contributed by atoms with Gasteiger partial charge in [-0.15, -0.1) is 0 Å². The summed E-state index contributed by atoms with van der Waals surface area (Å²) in [6.07, 6.45) is 0. The molecule has 0 radical (unpaired) electrons. The maximum atomic E-state index is 12.8. The van der Waals surface area contributed by atoms with Crippen LogP contribution in [0.15, 0.2) is 76.1 Å². The molecule has 0 saturated carbocycles. The highest BCUT2D eigenvalue weighted by molar-refractivity contribution is 9.10. The van der Waals surface area contributed by atoms with Gasteiger partial charge in [-0.1, -0.05) is 34.1 Å². The van der Waals surface area contributed by atoms with E-state index in [1.54, 1.807) is 31.2 Å². The summed E-state index contributed by atoms with van der Waals surface area (Å²) in [5.74, 6) is -1.94. The monoisotopic (exact) mass is 487 g/mol. The van der Waals surface area contributed by atoms with Crippen molar-refractivity contribution in [3.05, 3.63) is 87.9 Å². The Morgan fingerprint density at radius 1 is 0.900 bits per heavy atom. The van der Waals surface area contributed by atoms with E-state index in [4.69, 9.17) is 0 Å². The average molecular weight is 488 g/mol. The molecule has 30 heavy (non-hydrogen) atoms. The fourth-order valence-electron chi connectivity index (χ4n) is 2.69. The molecule has 0 aliphatic carbocycles. The number of anilines is 2. The fourth-order valence-corrected chi connectivity index (χ4v) is 4.28. The molecule has 7 nitrogen and oxygen atoms in total. The summed E-state index contributed by atoms with van der Waals surface area (Å²) < 4.78 is 29.0. The number of nitrogens with one attached hydrogen (secondary N) is 2. The third-order valence-corrected chi connectivity index (χ3v) is 6.24. The third kappa shape index (κ3) is 5.05. The van der Waals surface area contributed by atoms with E-state index in [0.717, 1.165) is 4.47 Å². The Bertz CT molecular complexity index is 1220. The Morgan fingerprint density at radius 3 is 2.27 bits per heavy atom. The molecule has 0 spiro atoms. The van der Waals surface area contributed by atoms with E-state index < -0.39 is 21.9 Å². The molecule has 0 aromatic heterocycles. The summed E-state index contributed by atoms with van der Waals surface area (Å²) in [7, 11) is -3.93. The topological polar surface area (TPSA) is 115 Å². The number of aromatic carboxylic acids is 1. The summed E-state index contributed by atoms with van der Waals surface area (Å²) in [6.45, 7) is 1.63. The number of amides is 1. The van der Waals surface area contributed by atoms with Crippen LogP contribution < -0.4 is 15.1 Å². The number of carboxylic acids is 1. The maximum Gasteiger partial charge on any atom is 0.262 e. The van der Waals surface area contributed by atoms with Gasteiger partial charge in [0.25, 0.3) is 15.9 Å². The second-order valence-corrected chi connectivity index (χ2v) is 8.98. The molecule has 0 saturated heterocycles. The molecule has 0 unspecified atom stereocenters. The highest BCUT2D eigenvalue weighted by Gasteiger charge is 2.19. The van der Waals surface area contributed by atoms with E-state index in [1.165, 1.54) is 42.5 Å². The molecule has 9 heteroatoms. The Kier molecular flexibility index (Phi) is 6.23. The van der Waals surface area contributed by atoms with E-state index in [0.29, 0.717) is 11.3 Å². The first kappa shape index (κ1) is 21.5. The summed E-state index contributed by atoms with van der Waals surface area (Å²) in [6, 6.07) is 16.5. The number of halogens is 1. The lowest BCUT2D eigenvalue weighted by atomic mass is 10.1. The Labute approximate surface area is 181 Å².